The Balaban J connectivity index is 1.44. The summed E-state index contributed by atoms with van der Waals surface area (Å²) >= 11 is 6.04. The number of nitrogens with zero attached hydrogens (tertiary/aromatic N) is 2. The summed E-state index contributed by atoms with van der Waals surface area (Å²) in [6.07, 6.45) is 0. The van der Waals surface area contributed by atoms with Gasteiger partial charge in [0.15, 0.2) is 6.61 Å². The number of carbonyl (C=O) groups excluding carboxylic acids is 1. The SMILES string of the molecule is COc1ccc(CN2CCN(C(=O)COc3ccccc3Cl)CC2)cc1. The number of rotatable bonds is 6. The number of ether oxygens (including phenoxy) is 2. The van der Waals surface area contributed by atoms with E-state index in [1.807, 2.05) is 29.2 Å². The largest absolute Gasteiger partial charge is 0.497 e. The van der Waals surface area contributed by atoms with Gasteiger partial charge in [0.05, 0.1) is 12.1 Å². The van der Waals surface area contributed by atoms with Crippen LogP contribution in [-0.4, -0.2) is 55.6 Å². The molecule has 1 saturated heterocycles. The van der Waals surface area contributed by atoms with Gasteiger partial charge < -0.3 is 14.4 Å². The van der Waals surface area contributed by atoms with Gasteiger partial charge in [-0.05, 0) is 29.8 Å². The highest BCUT2D eigenvalue weighted by Crippen LogP contribution is 2.23. The number of hydrogen-bond acceptors (Lipinski definition) is 4. The first-order chi connectivity index (χ1) is 12.7. The van der Waals surface area contributed by atoms with Crippen molar-refractivity contribution in [1.29, 1.82) is 0 Å². The van der Waals surface area contributed by atoms with Crippen molar-refractivity contribution in [3.63, 3.8) is 0 Å². The van der Waals surface area contributed by atoms with E-state index in [9.17, 15) is 4.79 Å². The van der Waals surface area contributed by atoms with Crippen molar-refractivity contribution in [2.45, 2.75) is 6.54 Å². The second kappa shape index (κ2) is 8.92. The summed E-state index contributed by atoms with van der Waals surface area (Å²) in [6.45, 7) is 4.01. The minimum Gasteiger partial charge on any atom is -0.497 e. The minimum atomic E-state index is -0.00554. The molecule has 0 aliphatic carbocycles. The molecule has 0 radical (unpaired) electrons. The van der Waals surface area contributed by atoms with Crippen LogP contribution in [0.4, 0.5) is 0 Å². The Morgan fingerprint density at radius 3 is 2.38 bits per heavy atom. The third-order valence-corrected chi connectivity index (χ3v) is 4.79. The monoisotopic (exact) mass is 374 g/mol. The number of carbonyl (C=O) groups is 1. The van der Waals surface area contributed by atoms with Crippen molar-refractivity contribution in [3.05, 3.63) is 59.1 Å². The fourth-order valence-electron chi connectivity index (χ4n) is 2.94. The van der Waals surface area contributed by atoms with Crippen LogP contribution in [-0.2, 0) is 11.3 Å². The predicted molar refractivity (Wildman–Crippen MR) is 102 cm³/mol. The van der Waals surface area contributed by atoms with Crippen LogP contribution in [0.1, 0.15) is 5.56 Å². The lowest BCUT2D eigenvalue weighted by Gasteiger charge is -2.34. The number of amides is 1. The third kappa shape index (κ3) is 4.90. The van der Waals surface area contributed by atoms with E-state index in [1.165, 1.54) is 5.56 Å². The van der Waals surface area contributed by atoms with Crippen molar-refractivity contribution in [2.24, 2.45) is 0 Å². The van der Waals surface area contributed by atoms with Crippen molar-refractivity contribution in [3.8, 4) is 11.5 Å². The highest BCUT2D eigenvalue weighted by molar-refractivity contribution is 6.32. The zero-order chi connectivity index (χ0) is 18.4. The van der Waals surface area contributed by atoms with Gasteiger partial charge in [-0.1, -0.05) is 35.9 Å². The van der Waals surface area contributed by atoms with E-state index < -0.39 is 0 Å². The average molecular weight is 375 g/mol. The van der Waals surface area contributed by atoms with E-state index >= 15 is 0 Å². The molecule has 1 amide bonds. The molecule has 26 heavy (non-hydrogen) atoms. The van der Waals surface area contributed by atoms with Gasteiger partial charge in [-0.25, -0.2) is 0 Å². The number of hydrogen-bond donors (Lipinski definition) is 0. The van der Waals surface area contributed by atoms with Crippen LogP contribution >= 0.6 is 11.6 Å². The maximum Gasteiger partial charge on any atom is 0.260 e. The molecule has 0 atom stereocenters. The van der Waals surface area contributed by atoms with Crippen molar-refractivity contribution in [2.75, 3.05) is 39.9 Å². The fourth-order valence-corrected chi connectivity index (χ4v) is 3.13. The van der Waals surface area contributed by atoms with Crippen molar-refractivity contribution in [1.82, 2.24) is 9.80 Å². The molecule has 0 aromatic heterocycles. The third-order valence-electron chi connectivity index (χ3n) is 4.48. The fraction of sp³-hybridized carbons (Fsp3) is 0.350. The van der Waals surface area contributed by atoms with Gasteiger partial charge in [0.25, 0.3) is 5.91 Å². The Labute approximate surface area is 159 Å². The Kier molecular flexibility index (Phi) is 6.36. The Bertz CT molecular complexity index is 728. The molecule has 1 fully saturated rings. The number of methoxy groups -OCH3 is 1. The van der Waals surface area contributed by atoms with Gasteiger partial charge in [-0.15, -0.1) is 0 Å². The molecule has 1 heterocycles. The first kappa shape index (κ1) is 18.5. The van der Waals surface area contributed by atoms with E-state index in [-0.39, 0.29) is 12.5 Å². The molecular weight excluding hydrogens is 352 g/mol. The number of para-hydroxylation sites is 1. The molecule has 1 aliphatic heterocycles. The zero-order valence-corrected chi connectivity index (χ0v) is 15.6. The number of halogens is 1. The molecule has 0 spiro atoms. The van der Waals surface area contributed by atoms with Gasteiger partial charge in [0, 0.05) is 32.7 Å². The molecule has 3 rings (SSSR count). The summed E-state index contributed by atoms with van der Waals surface area (Å²) in [5, 5.41) is 0.518. The Hall–Kier alpha value is -2.24. The second-order valence-corrected chi connectivity index (χ2v) is 6.63. The van der Waals surface area contributed by atoms with Crippen LogP contribution in [0.25, 0.3) is 0 Å². The standard InChI is InChI=1S/C20H23ClN2O3/c1-25-17-8-6-16(7-9-17)14-22-10-12-23(13-11-22)20(24)15-26-19-5-3-2-4-18(19)21/h2-9H,10-15H2,1H3. The zero-order valence-electron chi connectivity index (χ0n) is 14.9. The van der Waals surface area contributed by atoms with E-state index in [1.54, 1.807) is 19.2 Å². The molecule has 5 nitrogen and oxygen atoms in total. The highest BCUT2D eigenvalue weighted by atomic mass is 35.5. The van der Waals surface area contributed by atoms with Crippen LogP contribution < -0.4 is 9.47 Å². The topological polar surface area (TPSA) is 42.0 Å². The average Bonchev–Trinajstić information content (AvgIpc) is 2.68. The predicted octanol–water partition coefficient (Wildman–Crippen LogP) is 3.07. The molecule has 2 aromatic carbocycles. The summed E-state index contributed by atoms with van der Waals surface area (Å²) in [7, 11) is 1.67. The second-order valence-electron chi connectivity index (χ2n) is 6.22. The number of benzene rings is 2. The summed E-state index contributed by atoms with van der Waals surface area (Å²) in [5.74, 6) is 1.40. The molecule has 2 aromatic rings. The van der Waals surface area contributed by atoms with Gasteiger partial charge in [-0.3, -0.25) is 9.69 Å². The summed E-state index contributed by atoms with van der Waals surface area (Å²) in [5.41, 5.74) is 1.24. The van der Waals surface area contributed by atoms with Crippen LogP contribution in [0.3, 0.4) is 0 Å². The molecule has 0 unspecified atom stereocenters. The lowest BCUT2D eigenvalue weighted by molar-refractivity contribution is -0.135. The molecule has 138 valence electrons. The summed E-state index contributed by atoms with van der Waals surface area (Å²) < 4.78 is 10.7. The lowest BCUT2D eigenvalue weighted by Crippen LogP contribution is -2.49. The molecular formula is C20H23ClN2O3. The van der Waals surface area contributed by atoms with Crippen molar-refractivity contribution >= 4 is 17.5 Å². The van der Waals surface area contributed by atoms with E-state index in [0.29, 0.717) is 23.9 Å². The van der Waals surface area contributed by atoms with Gasteiger partial charge >= 0.3 is 0 Å². The number of piperazine rings is 1. The van der Waals surface area contributed by atoms with Gasteiger partial charge in [-0.2, -0.15) is 0 Å². The molecule has 0 bridgehead atoms. The minimum absolute atomic E-state index is 0.00554. The summed E-state index contributed by atoms with van der Waals surface area (Å²) in [4.78, 5) is 16.5. The lowest BCUT2D eigenvalue weighted by atomic mass is 10.2. The maximum absolute atomic E-state index is 12.3. The Morgan fingerprint density at radius 1 is 1.04 bits per heavy atom. The first-order valence-electron chi connectivity index (χ1n) is 8.66. The molecule has 1 aliphatic rings. The van der Waals surface area contributed by atoms with E-state index in [2.05, 4.69) is 17.0 Å². The quantitative estimate of drug-likeness (QED) is 0.779. The highest BCUT2D eigenvalue weighted by Gasteiger charge is 2.21. The van der Waals surface area contributed by atoms with Crippen LogP contribution in [0.2, 0.25) is 5.02 Å². The maximum atomic E-state index is 12.3. The first-order valence-corrected chi connectivity index (χ1v) is 9.04. The van der Waals surface area contributed by atoms with E-state index in [4.69, 9.17) is 21.1 Å². The van der Waals surface area contributed by atoms with Gasteiger partial charge in [0.2, 0.25) is 0 Å². The summed E-state index contributed by atoms with van der Waals surface area (Å²) in [6, 6.07) is 15.3. The van der Waals surface area contributed by atoms with Gasteiger partial charge in [0.1, 0.15) is 11.5 Å². The normalized spacial score (nSPS) is 14.9. The van der Waals surface area contributed by atoms with Crippen LogP contribution in [0, 0.1) is 0 Å². The molecule has 0 saturated carbocycles. The van der Waals surface area contributed by atoms with E-state index in [0.717, 1.165) is 25.4 Å². The van der Waals surface area contributed by atoms with Crippen LogP contribution in [0.15, 0.2) is 48.5 Å². The molecule has 6 heteroatoms. The Morgan fingerprint density at radius 2 is 1.73 bits per heavy atom. The van der Waals surface area contributed by atoms with Crippen molar-refractivity contribution < 1.29 is 14.3 Å². The molecule has 0 N–H and O–H groups in total. The van der Waals surface area contributed by atoms with Crippen LogP contribution in [0.5, 0.6) is 11.5 Å². The smallest absolute Gasteiger partial charge is 0.260 e.